The van der Waals surface area contributed by atoms with Crippen LogP contribution in [0.5, 0.6) is 0 Å². The number of halogens is 1. The average molecular weight is 182 g/mol. The van der Waals surface area contributed by atoms with E-state index in [0.29, 0.717) is 0 Å². The zero-order valence-corrected chi connectivity index (χ0v) is 7.99. The van der Waals surface area contributed by atoms with Crippen molar-refractivity contribution in [1.29, 1.82) is 0 Å². The van der Waals surface area contributed by atoms with Crippen molar-refractivity contribution >= 4 is 16.7 Å². The lowest BCUT2D eigenvalue weighted by Gasteiger charge is -2.02. The predicted octanol–water partition coefficient (Wildman–Crippen LogP) is 3.55. The maximum atomic E-state index is 12.5. The molecular formula is C10H11FS. The minimum atomic E-state index is -0.185. The number of hydrogen-bond acceptors (Lipinski definition) is 1. The van der Waals surface area contributed by atoms with E-state index in [1.165, 1.54) is 17.0 Å². The van der Waals surface area contributed by atoms with Gasteiger partial charge < -0.3 is 0 Å². The molecule has 0 N–H and O–H groups in total. The van der Waals surface area contributed by atoms with Gasteiger partial charge in [0.05, 0.1) is 0 Å². The zero-order chi connectivity index (χ0) is 8.97. The highest BCUT2D eigenvalue weighted by Gasteiger charge is 1.97. The van der Waals surface area contributed by atoms with Gasteiger partial charge in [-0.05, 0) is 30.9 Å². The van der Waals surface area contributed by atoms with E-state index >= 15 is 0 Å². The van der Waals surface area contributed by atoms with Gasteiger partial charge in [-0.15, -0.1) is 11.8 Å². The summed E-state index contributed by atoms with van der Waals surface area (Å²) in [5.74, 6) is -0.185. The van der Waals surface area contributed by atoms with Crippen molar-refractivity contribution in [3.8, 4) is 0 Å². The standard InChI is InChI=1S/C10H11FS/c1-3-10(12-2)8-4-6-9(11)7-5-8/h3-7H,1-2H3/b10-3-. The summed E-state index contributed by atoms with van der Waals surface area (Å²) in [5.41, 5.74) is 1.08. The first kappa shape index (κ1) is 9.33. The average Bonchev–Trinajstić information content (AvgIpc) is 2.10. The molecule has 0 aliphatic rings. The Morgan fingerprint density at radius 3 is 2.33 bits per heavy atom. The van der Waals surface area contributed by atoms with E-state index < -0.39 is 0 Å². The smallest absolute Gasteiger partial charge is 0.123 e. The second kappa shape index (κ2) is 4.31. The molecule has 0 bridgehead atoms. The third-order valence-corrected chi connectivity index (χ3v) is 2.52. The molecule has 64 valence electrons. The molecule has 1 aromatic rings. The van der Waals surface area contributed by atoms with Crippen molar-refractivity contribution in [1.82, 2.24) is 0 Å². The first-order valence-electron chi connectivity index (χ1n) is 3.74. The number of rotatable bonds is 2. The molecule has 0 aromatic heterocycles. The van der Waals surface area contributed by atoms with Gasteiger partial charge in [0.1, 0.15) is 5.82 Å². The van der Waals surface area contributed by atoms with Crippen molar-refractivity contribution in [3.05, 3.63) is 41.7 Å². The molecular weight excluding hydrogens is 171 g/mol. The van der Waals surface area contributed by atoms with E-state index in [-0.39, 0.29) is 5.82 Å². The summed E-state index contributed by atoms with van der Waals surface area (Å²) in [4.78, 5) is 1.18. The number of allylic oxidation sites excluding steroid dienone is 1. The van der Waals surface area contributed by atoms with Crippen LogP contribution in [-0.4, -0.2) is 6.26 Å². The Bertz CT molecular complexity index is 274. The quantitative estimate of drug-likeness (QED) is 0.674. The molecule has 0 spiro atoms. The van der Waals surface area contributed by atoms with Gasteiger partial charge in [-0.25, -0.2) is 4.39 Å². The maximum Gasteiger partial charge on any atom is 0.123 e. The zero-order valence-electron chi connectivity index (χ0n) is 7.17. The summed E-state index contributed by atoms with van der Waals surface area (Å²) < 4.78 is 12.5. The molecule has 0 unspecified atom stereocenters. The Labute approximate surface area is 76.5 Å². The Morgan fingerprint density at radius 2 is 1.92 bits per heavy atom. The highest BCUT2D eigenvalue weighted by molar-refractivity contribution is 8.07. The summed E-state index contributed by atoms with van der Waals surface area (Å²) in [6, 6.07) is 6.55. The molecule has 0 saturated heterocycles. The van der Waals surface area contributed by atoms with E-state index in [4.69, 9.17) is 0 Å². The van der Waals surface area contributed by atoms with Gasteiger partial charge in [0, 0.05) is 4.91 Å². The fourth-order valence-corrected chi connectivity index (χ4v) is 1.62. The first-order chi connectivity index (χ1) is 5.77. The van der Waals surface area contributed by atoms with Crippen molar-refractivity contribution in [2.75, 3.05) is 6.26 Å². The predicted molar refractivity (Wildman–Crippen MR) is 53.6 cm³/mol. The van der Waals surface area contributed by atoms with Gasteiger partial charge in [-0.3, -0.25) is 0 Å². The van der Waals surface area contributed by atoms with Crippen LogP contribution in [-0.2, 0) is 0 Å². The third-order valence-electron chi connectivity index (χ3n) is 1.61. The lowest BCUT2D eigenvalue weighted by atomic mass is 10.2. The van der Waals surface area contributed by atoms with Gasteiger partial charge in [-0.1, -0.05) is 18.2 Å². The molecule has 0 aliphatic heterocycles. The summed E-state index contributed by atoms with van der Waals surface area (Å²) in [5, 5.41) is 0. The van der Waals surface area contributed by atoms with Gasteiger partial charge in [0.2, 0.25) is 0 Å². The number of hydrogen-bond donors (Lipinski definition) is 0. The van der Waals surface area contributed by atoms with E-state index in [1.54, 1.807) is 23.9 Å². The molecule has 0 nitrogen and oxygen atoms in total. The number of benzene rings is 1. The summed E-state index contributed by atoms with van der Waals surface area (Å²) in [7, 11) is 0. The molecule has 2 heteroatoms. The second-order valence-electron chi connectivity index (χ2n) is 2.36. The summed E-state index contributed by atoms with van der Waals surface area (Å²) in [6.45, 7) is 1.98. The Balaban J connectivity index is 2.96. The van der Waals surface area contributed by atoms with Gasteiger partial charge in [-0.2, -0.15) is 0 Å². The highest BCUT2D eigenvalue weighted by Crippen LogP contribution is 2.24. The topological polar surface area (TPSA) is 0 Å². The Morgan fingerprint density at radius 1 is 1.33 bits per heavy atom. The molecule has 1 aromatic carbocycles. The molecule has 1 rings (SSSR count). The van der Waals surface area contributed by atoms with E-state index in [0.717, 1.165) is 5.56 Å². The van der Waals surface area contributed by atoms with E-state index in [9.17, 15) is 4.39 Å². The molecule has 0 radical (unpaired) electrons. The van der Waals surface area contributed by atoms with Crippen LogP contribution in [0.15, 0.2) is 30.3 Å². The fraction of sp³-hybridized carbons (Fsp3) is 0.200. The minimum Gasteiger partial charge on any atom is -0.207 e. The lowest BCUT2D eigenvalue weighted by Crippen LogP contribution is -1.79. The first-order valence-corrected chi connectivity index (χ1v) is 4.96. The van der Waals surface area contributed by atoms with Crippen molar-refractivity contribution in [2.24, 2.45) is 0 Å². The fourth-order valence-electron chi connectivity index (χ4n) is 1.02. The van der Waals surface area contributed by atoms with Crippen LogP contribution in [0, 0.1) is 5.82 Å². The van der Waals surface area contributed by atoms with E-state index in [2.05, 4.69) is 0 Å². The van der Waals surface area contributed by atoms with Crippen LogP contribution in [0.1, 0.15) is 12.5 Å². The highest BCUT2D eigenvalue weighted by atomic mass is 32.2. The number of thioether (sulfide) groups is 1. The van der Waals surface area contributed by atoms with Crippen LogP contribution in [0.2, 0.25) is 0 Å². The molecule has 0 fully saturated rings. The maximum absolute atomic E-state index is 12.5. The molecule has 0 heterocycles. The monoisotopic (exact) mass is 182 g/mol. The lowest BCUT2D eigenvalue weighted by molar-refractivity contribution is 0.627. The molecule has 0 amide bonds. The largest absolute Gasteiger partial charge is 0.207 e. The molecule has 0 saturated carbocycles. The molecule has 0 atom stereocenters. The SMILES string of the molecule is C/C=C(\SC)c1ccc(F)cc1. The van der Waals surface area contributed by atoms with Gasteiger partial charge in [0.25, 0.3) is 0 Å². The Hall–Kier alpha value is -0.760. The molecule has 0 aliphatic carbocycles. The van der Waals surface area contributed by atoms with Crippen molar-refractivity contribution in [3.63, 3.8) is 0 Å². The van der Waals surface area contributed by atoms with Crippen LogP contribution in [0.4, 0.5) is 4.39 Å². The third kappa shape index (κ3) is 2.11. The second-order valence-corrected chi connectivity index (χ2v) is 3.21. The minimum absolute atomic E-state index is 0.185. The summed E-state index contributed by atoms with van der Waals surface area (Å²) in [6.07, 6.45) is 4.04. The Kier molecular flexibility index (Phi) is 3.35. The van der Waals surface area contributed by atoms with Gasteiger partial charge in [0.15, 0.2) is 0 Å². The van der Waals surface area contributed by atoms with Crippen molar-refractivity contribution < 1.29 is 4.39 Å². The van der Waals surface area contributed by atoms with Crippen LogP contribution >= 0.6 is 11.8 Å². The van der Waals surface area contributed by atoms with E-state index in [1.807, 2.05) is 19.3 Å². The van der Waals surface area contributed by atoms with Crippen LogP contribution < -0.4 is 0 Å². The molecule has 12 heavy (non-hydrogen) atoms. The van der Waals surface area contributed by atoms with Crippen molar-refractivity contribution in [2.45, 2.75) is 6.92 Å². The van der Waals surface area contributed by atoms with Crippen LogP contribution in [0.3, 0.4) is 0 Å². The summed E-state index contributed by atoms with van der Waals surface area (Å²) >= 11 is 1.67. The van der Waals surface area contributed by atoms with Gasteiger partial charge >= 0.3 is 0 Å². The van der Waals surface area contributed by atoms with Crippen LogP contribution in [0.25, 0.3) is 4.91 Å². The normalized spacial score (nSPS) is 11.8.